The molecule has 0 aromatic heterocycles. The summed E-state index contributed by atoms with van der Waals surface area (Å²) < 4.78 is 0. The summed E-state index contributed by atoms with van der Waals surface area (Å²) in [5, 5.41) is 10.5. The van der Waals surface area contributed by atoms with E-state index >= 15 is 0 Å². The molecule has 0 aliphatic carbocycles. The van der Waals surface area contributed by atoms with Gasteiger partial charge in [-0.3, -0.25) is 4.79 Å². The van der Waals surface area contributed by atoms with Gasteiger partial charge in [0, 0.05) is 17.6 Å². The summed E-state index contributed by atoms with van der Waals surface area (Å²) in [5.74, 6) is -1.36. The fourth-order valence-corrected chi connectivity index (χ4v) is 1.83. The van der Waals surface area contributed by atoms with Crippen molar-refractivity contribution in [3.05, 3.63) is 60.2 Å². The van der Waals surface area contributed by atoms with Crippen molar-refractivity contribution >= 4 is 22.5 Å². The monoisotopic (exact) mass is 240 g/mol. The normalized spacial score (nSPS) is 10.2. The molecule has 0 amide bonds. The van der Waals surface area contributed by atoms with Crippen molar-refractivity contribution in [2.45, 2.75) is 6.42 Å². The molecular formula is C15H12O3. The number of hydrogen-bond acceptors (Lipinski definition) is 2. The van der Waals surface area contributed by atoms with Gasteiger partial charge >= 0.3 is 5.97 Å². The Morgan fingerprint density at radius 2 is 1.72 bits per heavy atom. The van der Waals surface area contributed by atoms with Gasteiger partial charge in [-0.15, -0.1) is 0 Å². The third kappa shape index (κ3) is 2.30. The van der Waals surface area contributed by atoms with E-state index in [1.165, 1.54) is 0 Å². The highest BCUT2D eigenvalue weighted by atomic mass is 16.4. The lowest BCUT2D eigenvalue weighted by molar-refractivity contribution is -0.132. The second-order valence-corrected chi connectivity index (χ2v) is 4.04. The highest BCUT2D eigenvalue weighted by Crippen LogP contribution is 2.20. The van der Waals surface area contributed by atoms with Crippen LogP contribution in [0, 0.1) is 0 Å². The first-order chi connectivity index (χ1) is 8.59. The van der Waals surface area contributed by atoms with Gasteiger partial charge in [-0.25, -0.2) is 4.79 Å². The Balaban J connectivity index is 2.39. The molecule has 0 atom stereocenters. The largest absolute Gasteiger partial charge is 0.478 e. The van der Waals surface area contributed by atoms with Crippen LogP contribution in [0.2, 0.25) is 0 Å². The molecule has 3 heteroatoms. The van der Waals surface area contributed by atoms with Crippen LogP contribution in [0.5, 0.6) is 0 Å². The third-order valence-corrected chi connectivity index (χ3v) is 2.77. The van der Waals surface area contributed by atoms with Crippen LogP contribution in [0.1, 0.15) is 16.8 Å². The second kappa shape index (κ2) is 4.84. The van der Waals surface area contributed by atoms with E-state index < -0.39 is 5.97 Å². The van der Waals surface area contributed by atoms with Gasteiger partial charge in [0.25, 0.3) is 0 Å². The quantitative estimate of drug-likeness (QED) is 0.660. The van der Waals surface area contributed by atoms with Crippen LogP contribution in [0.4, 0.5) is 0 Å². The van der Waals surface area contributed by atoms with Crippen molar-refractivity contribution in [1.29, 1.82) is 0 Å². The van der Waals surface area contributed by atoms with Crippen LogP contribution >= 0.6 is 0 Å². The number of carboxylic acid groups (broad SMARTS) is 1. The molecule has 0 radical (unpaired) electrons. The number of fused-ring (bicyclic) bond motifs is 1. The van der Waals surface area contributed by atoms with Crippen molar-refractivity contribution in [2.75, 3.05) is 0 Å². The van der Waals surface area contributed by atoms with Gasteiger partial charge in [0.1, 0.15) is 0 Å². The Kier molecular flexibility index (Phi) is 3.24. The number of carbonyl (C=O) groups is 2. The van der Waals surface area contributed by atoms with Crippen LogP contribution < -0.4 is 0 Å². The Morgan fingerprint density at radius 1 is 1.06 bits per heavy atom. The maximum atomic E-state index is 12.0. The lowest BCUT2D eigenvalue weighted by atomic mass is 9.98. The maximum Gasteiger partial charge on any atom is 0.331 e. The van der Waals surface area contributed by atoms with E-state index in [1.807, 2.05) is 30.3 Å². The predicted octanol–water partition coefficient (Wildman–Crippen LogP) is 3.05. The lowest BCUT2D eigenvalue weighted by Crippen LogP contribution is -2.07. The van der Waals surface area contributed by atoms with Gasteiger partial charge in [0.15, 0.2) is 5.78 Å². The zero-order valence-corrected chi connectivity index (χ0v) is 9.72. The molecule has 2 aromatic carbocycles. The highest BCUT2D eigenvalue weighted by molar-refractivity contribution is 6.10. The first-order valence-corrected chi connectivity index (χ1v) is 5.51. The molecule has 0 aliphatic heterocycles. The Labute approximate surface area is 104 Å². The number of hydrogen-bond donors (Lipinski definition) is 1. The van der Waals surface area contributed by atoms with E-state index in [9.17, 15) is 9.59 Å². The molecule has 18 heavy (non-hydrogen) atoms. The molecule has 0 bridgehead atoms. The van der Waals surface area contributed by atoms with Crippen LogP contribution in [-0.2, 0) is 4.79 Å². The summed E-state index contributed by atoms with van der Waals surface area (Å²) >= 11 is 0. The molecule has 1 N–H and O–H groups in total. The molecule has 2 aromatic rings. The average molecular weight is 240 g/mol. The molecule has 0 saturated carbocycles. The minimum Gasteiger partial charge on any atom is -0.478 e. The Hall–Kier alpha value is -2.42. The molecule has 0 heterocycles. The molecule has 0 saturated heterocycles. The summed E-state index contributed by atoms with van der Waals surface area (Å²) in [6.07, 6.45) is -0.163. The van der Waals surface area contributed by atoms with E-state index in [2.05, 4.69) is 6.58 Å². The fourth-order valence-electron chi connectivity index (χ4n) is 1.83. The lowest BCUT2D eigenvalue weighted by Gasteiger charge is -2.05. The first-order valence-electron chi connectivity index (χ1n) is 5.51. The number of Topliss-reactive ketones (excluding diaryl/α,β-unsaturated/α-hetero) is 1. The predicted molar refractivity (Wildman–Crippen MR) is 69.7 cm³/mol. The summed E-state index contributed by atoms with van der Waals surface area (Å²) in [5.41, 5.74) is 0.448. The number of carbonyl (C=O) groups excluding carboxylic acids is 1. The minimum atomic E-state index is -1.14. The third-order valence-electron chi connectivity index (χ3n) is 2.77. The molecule has 0 fully saturated rings. The zero-order valence-electron chi connectivity index (χ0n) is 9.72. The van der Waals surface area contributed by atoms with Gasteiger partial charge in [0.05, 0.1) is 0 Å². The summed E-state index contributed by atoms with van der Waals surface area (Å²) in [6, 6.07) is 12.9. The number of aliphatic carboxylic acids is 1. The van der Waals surface area contributed by atoms with Gasteiger partial charge in [0.2, 0.25) is 0 Å². The van der Waals surface area contributed by atoms with Gasteiger partial charge < -0.3 is 5.11 Å². The SMILES string of the molecule is C=C(CC(=O)c1cccc2ccccc12)C(=O)O. The molecule has 0 unspecified atom stereocenters. The number of ketones is 1. The van der Waals surface area contributed by atoms with Crippen LogP contribution in [0.3, 0.4) is 0 Å². The van der Waals surface area contributed by atoms with E-state index in [0.717, 1.165) is 10.8 Å². The smallest absolute Gasteiger partial charge is 0.331 e. The molecule has 0 spiro atoms. The van der Waals surface area contributed by atoms with Gasteiger partial charge in [-0.1, -0.05) is 49.0 Å². The number of rotatable bonds is 4. The van der Waals surface area contributed by atoms with Crippen LogP contribution in [0.25, 0.3) is 10.8 Å². The molecule has 0 aliphatic rings. The van der Waals surface area contributed by atoms with E-state index in [-0.39, 0.29) is 17.8 Å². The average Bonchev–Trinajstić information content (AvgIpc) is 2.37. The fraction of sp³-hybridized carbons (Fsp3) is 0.0667. The summed E-state index contributed by atoms with van der Waals surface area (Å²) in [7, 11) is 0. The van der Waals surface area contributed by atoms with E-state index in [0.29, 0.717) is 5.56 Å². The topological polar surface area (TPSA) is 54.4 Å². The zero-order chi connectivity index (χ0) is 13.1. The molecule has 90 valence electrons. The highest BCUT2D eigenvalue weighted by Gasteiger charge is 2.14. The van der Waals surface area contributed by atoms with Crippen molar-refractivity contribution < 1.29 is 14.7 Å². The number of benzene rings is 2. The van der Waals surface area contributed by atoms with Crippen LogP contribution in [0.15, 0.2) is 54.6 Å². The van der Waals surface area contributed by atoms with E-state index in [4.69, 9.17) is 5.11 Å². The second-order valence-electron chi connectivity index (χ2n) is 4.04. The molecule has 2 rings (SSSR count). The number of carboxylic acids is 1. The van der Waals surface area contributed by atoms with Crippen molar-refractivity contribution in [1.82, 2.24) is 0 Å². The van der Waals surface area contributed by atoms with Crippen LogP contribution in [-0.4, -0.2) is 16.9 Å². The standard InChI is InChI=1S/C15H12O3/c1-10(15(17)18)9-14(16)13-8-4-6-11-5-2-3-7-12(11)13/h2-8H,1,9H2,(H,17,18). The Morgan fingerprint density at radius 3 is 2.44 bits per heavy atom. The molecule has 3 nitrogen and oxygen atoms in total. The van der Waals surface area contributed by atoms with Crippen molar-refractivity contribution in [2.24, 2.45) is 0 Å². The van der Waals surface area contributed by atoms with Crippen molar-refractivity contribution in [3.63, 3.8) is 0 Å². The molecular weight excluding hydrogens is 228 g/mol. The van der Waals surface area contributed by atoms with Crippen molar-refractivity contribution in [3.8, 4) is 0 Å². The van der Waals surface area contributed by atoms with Gasteiger partial charge in [-0.05, 0) is 10.8 Å². The van der Waals surface area contributed by atoms with E-state index in [1.54, 1.807) is 12.1 Å². The maximum absolute atomic E-state index is 12.0. The first kappa shape index (κ1) is 12.0. The summed E-state index contributed by atoms with van der Waals surface area (Å²) in [4.78, 5) is 22.7. The Bertz CT molecular complexity index is 636. The minimum absolute atomic E-state index is 0.0899. The van der Waals surface area contributed by atoms with Gasteiger partial charge in [-0.2, -0.15) is 0 Å². The summed E-state index contributed by atoms with van der Waals surface area (Å²) in [6.45, 7) is 3.38.